The molecule has 1 unspecified atom stereocenters. The van der Waals surface area contributed by atoms with E-state index in [1.165, 1.54) is 0 Å². The average molecular weight is 200 g/mol. The third-order valence-corrected chi connectivity index (χ3v) is 2.60. The van der Waals surface area contributed by atoms with Crippen molar-refractivity contribution in [3.63, 3.8) is 0 Å². The highest BCUT2D eigenvalue weighted by molar-refractivity contribution is 5.85. The van der Waals surface area contributed by atoms with E-state index >= 15 is 0 Å². The van der Waals surface area contributed by atoms with E-state index in [-0.39, 0.29) is 0 Å². The number of nitrogens with zero attached hydrogens (tertiary/aromatic N) is 1. The Morgan fingerprint density at radius 2 is 2.27 bits per heavy atom. The van der Waals surface area contributed by atoms with Crippen LogP contribution in [0.4, 0.5) is 0 Å². The molecule has 4 heteroatoms. The van der Waals surface area contributed by atoms with Gasteiger partial charge in [-0.05, 0) is 23.4 Å². The van der Waals surface area contributed by atoms with E-state index < -0.39 is 12.0 Å². The molecule has 2 heterocycles. The first kappa shape index (κ1) is 8.23. The van der Waals surface area contributed by atoms with Crippen molar-refractivity contribution in [1.82, 2.24) is 4.98 Å². The zero-order valence-corrected chi connectivity index (χ0v) is 7.77. The van der Waals surface area contributed by atoms with Gasteiger partial charge in [0, 0.05) is 17.1 Å². The van der Waals surface area contributed by atoms with Crippen molar-refractivity contribution in [2.24, 2.45) is 4.99 Å². The van der Waals surface area contributed by atoms with Crippen molar-refractivity contribution >= 4 is 22.9 Å². The van der Waals surface area contributed by atoms with Crippen LogP contribution >= 0.6 is 0 Å². The summed E-state index contributed by atoms with van der Waals surface area (Å²) in [5.41, 5.74) is 0.983. The standard InChI is InChI=1S/C11H8N2O2/c14-11(15)9-5-6-1-2-8-7(3-4-12-8)10(6)13-9/h1-5,9,12H,(H,14,15). The third-order valence-electron chi connectivity index (χ3n) is 2.60. The predicted molar refractivity (Wildman–Crippen MR) is 55.0 cm³/mol. The fourth-order valence-electron chi connectivity index (χ4n) is 1.89. The second kappa shape index (κ2) is 2.70. The van der Waals surface area contributed by atoms with Crippen LogP contribution in [0.15, 0.2) is 29.4 Å². The van der Waals surface area contributed by atoms with E-state index in [9.17, 15) is 4.79 Å². The molecule has 1 aromatic heterocycles. The fourth-order valence-corrected chi connectivity index (χ4v) is 1.89. The number of aromatic nitrogens is 1. The van der Waals surface area contributed by atoms with Crippen LogP contribution in [-0.2, 0) is 4.79 Å². The number of aliphatic carboxylic acids is 1. The van der Waals surface area contributed by atoms with Gasteiger partial charge >= 0.3 is 5.97 Å². The number of hydrogen-bond donors (Lipinski definition) is 2. The molecule has 0 spiro atoms. The first-order valence-electron chi connectivity index (χ1n) is 4.64. The maximum Gasteiger partial charge on any atom is 0.332 e. The highest BCUT2D eigenvalue weighted by Gasteiger charge is 2.17. The number of carboxylic acids is 1. The summed E-state index contributed by atoms with van der Waals surface area (Å²) in [6.07, 6.45) is 3.50. The van der Waals surface area contributed by atoms with E-state index in [0.29, 0.717) is 0 Å². The topological polar surface area (TPSA) is 65.4 Å². The van der Waals surface area contributed by atoms with Gasteiger partial charge in [0.2, 0.25) is 0 Å². The van der Waals surface area contributed by atoms with Crippen LogP contribution in [0.5, 0.6) is 0 Å². The van der Waals surface area contributed by atoms with Crippen molar-refractivity contribution in [3.05, 3.63) is 35.0 Å². The molecule has 2 aromatic rings. The van der Waals surface area contributed by atoms with Crippen LogP contribution in [0.3, 0.4) is 0 Å². The van der Waals surface area contributed by atoms with Crippen LogP contribution in [-0.4, -0.2) is 22.1 Å². The Morgan fingerprint density at radius 1 is 1.40 bits per heavy atom. The molecule has 4 nitrogen and oxygen atoms in total. The molecule has 1 aliphatic heterocycles. The van der Waals surface area contributed by atoms with Gasteiger partial charge in [-0.15, -0.1) is 0 Å². The molecule has 0 radical (unpaired) electrons. The molecule has 0 saturated carbocycles. The molecule has 0 saturated heterocycles. The molecular formula is C11H8N2O2. The molecule has 2 N–H and O–H groups in total. The van der Waals surface area contributed by atoms with Crippen molar-refractivity contribution in [1.29, 1.82) is 0 Å². The molecular weight excluding hydrogens is 192 g/mol. The van der Waals surface area contributed by atoms with E-state index in [2.05, 4.69) is 9.98 Å². The maximum atomic E-state index is 10.8. The summed E-state index contributed by atoms with van der Waals surface area (Å²) < 4.78 is 0. The average Bonchev–Trinajstić information content (AvgIpc) is 2.82. The second-order valence-corrected chi connectivity index (χ2v) is 3.52. The molecule has 1 aromatic carbocycles. The molecule has 1 aliphatic rings. The number of carbonyl (C=O) groups is 1. The summed E-state index contributed by atoms with van der Waals surface area (Å²) in [4.78, 5) is 18.1. The van der Waals surface area contributed by atoms with Gasteiger partial charge in [0.1, 0.15) is 0 Å². The van der Waals surface area contributed by atoms with Gasteiger partial charge < -0.3 is 10.1 Å². The highest BCUT2D eigenvalue weighted by Crippen LogP contribution is 2.06. The zero-order valence-electron chi connectivity index (χ0n) is 7.77. The molecule has 0 amide bonds. The Hall–Kier alpha value is -2.10. The SMILES string of the molecule is O=C(O)C1C=c2ccc3[nH]ccc3c2=N1. The van der Waals surface area contributed by atoms with Gasteiger partial charge in [-0.2, -0.15) is 0 Å². The number of hydrogen-bond acceptors (Lipinski definition) is 2. The van der Waals surface area contributed by atoms with Gasteiger partial charge in [0.05, 0.1) is 5.36 Å². The van der Waals surface area contributed by atoms with Gasteiger partial charge in [0.15, 0.2) is 6.04 Å². The molecule has 3 rings (SSSR count). The predicted octanol–water partition coefficient (Wildman–Crippen LogP) is 0.0348. The number of aromatic amines is 1. The van der Waals surface area contributed by atoms with Crippen LogP contribution in [0.1, 0.15) is 0 Å². The number of carboxylic acid groups (broad SMARTS) is 1. The van der Waals surface area contributed by atoms with Crippen LogP contribution in [0, 0.1) is 0 Å². The third kappa shape index (κ3) is 1.08. The Balaban J connectivity index is 2.41. The van der Waals surface area contributed by atoms with Crippen LogP contribution in [0.25, 0.3) is 17.0 Å². The van der Waals surface area contributed by atoms with E-state index in [0.717, 1.165) is 21.5 Å². The van der Waals surface area contributed by atoms with Crippen molar-refractivity contribution in [2.75, 3.05) is 0 Å². The Labute approximate surface area is 84.6 Å². The summed E-state index contributed by atoms with van der Waals surface area (Å²) in [5, 5.41) is 11.5. The fraction of sp³-hybridized carbons (Fsp3) is 0.0909. The monoisotopic (exact) mass is 200 g/mol. The molecule has 15 heavy (non-hydrogen) atoms. The van der Waals surface area contributed by atoms with E-state index in [1.807, 2.05) is 24.4 Å². The number of benzene rings is 1. The number of fused-ring (bicyclic) bond motifs is 3. The van der Waals surface area contributed by atoms with Gasteiger partial charge in [0.25, 0.3) is 0 Å². The Kier molecular flexibility index (Phi) is 1.48. The lowest BCUT2D eigenvalue weighted by molar-refractivity contribution is -0.136. The smallest absolute Gasteiger partial charge is 0.332 e. The Morgan fingerprint density at radius 3 is 3.07 bits per heavy atom. The van der Waals surface area contributed by atoms with Gasteiger partial charge in [-0.3, -0.25) is 4.99 Å². The largest absolute Gasteiger partial charge is 0.479 e. The minimum atomic E-state index is -0.908. The van der Waals surface area contributed by atoms with Gasteiger partial charge in [-0.25, -0.2) is 4.79 Å². The van der Waals surface area contributed by atoms with Gasteiger partial charge in [-0.1, -0.05) is 6.07 Å². The second-order valence-electron chi connectivity index (χ2n) is 3.52. The van der Waals surface area contributed by atoms with Crippen molar-refractivity contribution < 1.29 is 9.90 Å². The molecule has 74 valence electrons. The van der Waals surface area contributed by atoms with Crippen molar-refractivity contribution in [2.45, 2.75) is 6.04 Å². The number of nitrogens with one attached hydrogen (secondary N) is 1. The van der Waals surface area contributed by atoms with E-state index in [1.54, 1.807) is 6.08 Å². The molecule has 0 fully saturated rings. The Bertz CT molecular complexity index is 669. The number of H-pyrrole nitrogens is 1. The minimum absolute atomic E-state index is 0.736. The lowest BCUT2D eigenvalue weighted by atomic mass is 10.2. The quantitative estimate of drug-likeness (QED) is 0.682. The summed E-state index contributed by atoms with van der Waals surface area (Å²) in [7, 11) is 0. The van der Waals surface area contributed by atoms with E-state index in [4.69, 9.17) is 5.11 Å². The van der Waals surface area contributed by atoms with Crippen LogP contribution < -0.4 is 10.6 Å². The zero-order chi connectivity index (χ0) is 10.4. The number of rotatable bonds is 1. The lowest BCUT2D eigenvalue weighted by Crippen LogP contribution is -2.21. The summed E-state index contributed by atoms with van der Waals surface area (Å²) >= 11 is 0. The van der Waals surface area contributed by atoms with Crippen LogP contribution in [0.2, 0.25) is 0 Å². The normalized spacial score (nSPS) is 18.3. The summed E-state index contributed by atoms with van der Waals surface area (Å²) in [6, 6.07) is 5.00. The molecule has 1 atom stereocenters. The first-order chi connectivity index (χ1) is 7.25. The summed E-state index contributed by atoms with van der Waals surface area (Å²) in [6.45, 7) is 0. The molecule has 0 bridgehead atoms. The first-order valence-corrected chi connectivity index (χ1v) is 4.64. The maximum absolute atomic E-state index is 10.8. The van der Waals surface area contributed by atoms with Crippen molar-refractivity contribution in [3.8, 4) is 0 Å². The minimum Gasteiger partial charge on any atom is -0.479 e. The highest BCUT2D eigenvalue weighted by atomic mass is 16.4. The summed E-state index contributed by atoms with van der Waals surface area (Å²) in [5.74, 6) is -0.908. The lowest BCUT2D eigenvalue weighted by Gasteiger charge is -1.93. The molecule has 0 aliphatic carbocycles.